The summed E-state index contributed by atoms with van der Waals surface area (Å²) in [4.78, 5) is 23.9. The molecule has 2 aromatic carbocycles. The van der Waals surface area contributed by atoms with Crippen LogP contribution in [0.2, 0.25) is 0 Å². The van der Waals surface area contributed by atoms with Gasteiger partial charge in [0.1, 0.15) is 11.5 Å². The molecule has 26 heavy (non-hydrogen) atoms. The number of phenols is 2. The van der Waals surface area contributed by atoms with Gasteiger partial charge in [0.2, 0.25) is 0 Å². The predicted octanol–water partition coefficient (Wildman–Crippen LogP) is 4.05. The zero-order valence-electron chi connectivity index (χ0n) is 14.8. The Hall–Kier alpha value is -2.82. The first-order valence-corrected chi connectivity index (χ1v) is 8.97. The fraction of sp³-hybridized carbons (Fsp3) is 0.333. The number of hydrogen-bond donors (Lipinski definition) is 3. The topological polar surface area (TPSA) is 86.6 Å². The summed E-state index contributed by atoms with van der Waals surface area (Å²) in [5, 5.41) is 22.1. The van der Waals surface area contributed by atoms with Gasteiger partial charge in [-0.1, -0.05) is 43.5 Å². The fourth-order valence-electron chi connectivity index (χ4n) is 2.75. The Kier molecular flexibility index (Phi) is 7.68. The fourth-order valence-corrected chi connectivity index (χ4v) is 2.75. The number of aromatic hydroxyl groups is 2. The van der Waals surface area contributed by atoms with Crippen LogP contribution in [0.5, 0.6) is 11.5 Å². The van der Waals surface area contributed by atoms with Gasteiger partial charge in [-0.05, 0) is 37.1 Å². The van der Waals surface area contributed by atoms with Gasteiger partial charge in [0.05, 0.1) is 11.1 Å². The minimum absolute atomic E-state index is 0.0147. The second-order valence-corrected chi connectivity index (χ2v) is 6.23. The number of ketones is 1. The van der Waals surface area contributed by atoms with Crippen molar-refractivity contribution in [1.29, 1.82) is 0 Å². The van der Waals surface area contributed by atoms with Crippen molar-refractivity contribution in [2.75, 3.05) is 6.54 Å². The molecule has 2 rings (SSSR count). The molecule has 0 atom stereocenters. The van der Waals surface area contributed by atoms with E-state index in [9.17, 15) is 19.8 Å². The highest BCUT2D eigenvalue weighted by Gasteiger charge is 2.10. The number of carbonyl (C=O) groups is 2. The van der Waals surface area contributed by atoms with Crippen molar-refractivity contribution in [3.63, 3.8) is 0 Å². The van der Waals surface area contributed by atoms with Crippen molar-refractivity contribution in [3.8, 4) is 11.5 Å². The van der Waals surface area contributed by atoms with E-state index in [0.717, 1.165) is 32.1 Å². The van der Waals surface area contributed by atoms with Gasteiger partial charge in [0.15, 0.2) is 5.78 Å². The van der Waals surface area contributed by atoms with Gasteiger partial charge < -0.3 is 15.5 Å². The Morgan fingerprint density at radius 2 is 1.27 bits per heavy atom. The summed E-state index contributed by atoms with van der Waals surface area (Å²) in [5.74, 6) is -0.272. The monoisotopic (exact) mass is 355 g/mol. The van der Waals surface area contributed by atoms with Gasteiger partial charge in [-0.2, -0.15) is 0 Å². The van der Waals surface area contributed by atoms with Crippen LogP contribution in [0.1, 0.15) is 59.2 Å². The molecule has 0 unspecified atom stereocenters. The highest BCUT2D eigenvalue weighted by molar-refractivity contribution is 5.98. The van der Waals surface area contributed by atoms with Gasteiger partial charge in [0.25, 0.3) is 5.91 Å². The maximum atomic E-state index is 12.0. The first-order valence-electron chi connectivity index (χ1n) is 8.97. The molecule has 0 aliphatic heterocycles. The number of unbranched alkanes of at least 4 members (excludes halogenated alkanes) is 4. The lowest BCUT2D eigenvalue weighted by atomic mass is 10.0. The SMILES string of the molecule is O=C(CCCCCCCNC(=O)c1ccccc1O)c1ccccc1O. The molecule has 5 heteroatoms. The molecular formula is C21H25NO4. The molecule has 2 aromatic rings. The number of phenolic OH excluding ortho intramolecular Hbond substituents is 2. The van der Waals surface area contributed by atoms with E-state index in [0.29, 0.717) is 18.5 Å². The third-order valence-electron chi connectivity index (χ3n) is 4.22. The van der Waals surface area contributed by atoms with Crippen LogP contribution in [-0.2, 0) is 0 Å². The number of amides is 1. The molecule has 1 amide bonds. The minimum Gasteiger partial charge on any atom is -0.507 e. The summed E-state index contributed by atoms with van der Waals surface area (Å²) in [6.07, 6.45) is 4.96. The average Bonchev–Trinajstić information content (AvgIpc) is 2.64. The number of Topliss-reactive ketones (excluding diaryl/α,β-unsaturated/α-hetero) is 1. The lowest BCUT2D eigenvalue weighted by molar-refractivity contribution is 0.0947. The van der Waals surface area contributed by atoms with Gasteiger partial charge in [-0.3, -0.25) is 9.59 Å². The number of para-hydroxylation sites is 2. The highest BCUT2D eigenvalue weighted by Crippen LogP contribution is 2.19. The Bertz CT molecular complexity index is 679. The Morgan fingerprint density at radius 3 is 1.92 bits per heavy atom. The lowest BCUT2D eigenvalue weighted by Gasteiger charge is -2.07. The predicted molar refractivity (Wildman–Crippen MR) is 101 cm³/mol. The standard InChI is InChI=1S/C21H25NO4/c23-18(16-10-5-7-13-19(16)24)12-4-2-1-3-9-15-22-21(26)17-11-6-8-14-20(17)25/h5-8,10-11,13-14,24-25H,1-4,9,12,15H2,(H,22,26). The average molecular weight is 355 g/mol. The smallest absolute Gasteiger partial charge is 0.255 e. The lowest BCUT2D eigenvalue weighted by Crippen LogP contribution is -2.24. The van der Waals surface area contributed by atoms with E-state index in [1.165, 1.54) is 12.1 Å². The maximum absolute atomic E-state index is 12.0. The summed E-state index contributed by atoms with van der Waals surface area (Å²) in [6, 6.07) is 13.1. The normalized spacial score (nSPS) is 10.5. The van der Waals surface area contributed by atoms with Crippen LogP contribution in [0.15, 0.2) is 48.5 Å². The number of benzene rings is 2. The number of carbonyl (C=O) groups excluding carboxylic acids is 2. The van der Waals surface area contributed by atoms with Crippen molar-refractivity contribution in [1.82, 2.24) is 5.32 Å². The van der Waals surface area contributed by atoms with Crippen molar-refractivity contribution < 1.29 is 19.8 Å². The van der Waals surface area contributed by atoms with E-state index in [1.54, 1.807) is 36.4 Å². The molecule has 0 aromatic heterocycles. The molecule has 0 radical (unpaired) electrons. The van der Waals surface area contributed by atoms with Crippen LogP contribution in [0.4, 0.5) is 0 Å². The van der Waals surface area contributed by atoms with Crippen LogP contribution < -0.4 is 5.32 Å². The summed E-state index contributed by atoms with van der Waals surface area (Å²) >= 11 is 0. The van der Waals surface area contributed by atoms with Gasteiger partial charge in [0, 0.05) is 13.0 Å². The quantitative estimate of drug-likeness (QED) is 0.443. The number of nitrogens with one attached hydrogen (secondary N) is 1. The second kappa shape index (κ2) is 10.2. The molecule has 0 saturated carbocycles. The zero-order valence-corrected chi connectivity index (χ0v) is 14.8. The van der Waals surface area contributed by atoms with Gasteiger partial charge in [-0.25, -0.2) is 0 Å². The summed E-state index contributed by atoms with van der Waals surface area (Å²) in [7, 11) is 0. The zero-order chi connectivity index (χ0) is 18.8. The summed E-state index contributed by atoms with van der Waals surface area (Å²) < 4.78 is 0. The first kappa shape index (κ1) is 19.5. The molecule has 5 nitrogen and oxygen atoms in total. The molecule has 0 bridgehead atoms. The van der Waals surface area contributed by atoms with Gasteiger partial charge >= 0.3 is 0 Å². The van der Waals surface area contributed by atoms with E-state index in [1.807, 2.05) is 0 Å². The van der Waals surface area contributed by atoms with Crippen molar-refractivity contribution in [2.24, 2.45) is 0 Å². The Balaban J connectivity index is 1.55. The highest BCUT2D eigenvalue weighted by atomic mass is 16.3. The molecule has 0 fully saturated rings. The summed E-state index contributed by atoms with van der Waals surface area (Å²) in [6.45, 7) is 0.560. The molecule has 138 valence electrons. The molecule has 0 saturated heterocycles. The van der Waals surface area contributed by atoms with E-state index in [2.05, 4.69) is 5.32 Å². The maximum Gasteiger partial charge on any atom is 0.255 e. The third-order valence-corrected chi connectivity index (χ3v) is 4.22. The van der Waals surface area contributed by atoms with Gasteiger partial charge in [-0.15, -0.1) is 0 Å². The first-order chi connectivity index (χ1) is 12.6. The molecule has 3 N–H and O–H groups in total. The van der Waals surface area contributed by atoms with E-state index in [4.69, 9.17) is 0 Å². The summed E-state index contributed by atoms with van der Waals surface area (Å²) in [5.41, 5.74) is 0.676. The molecule has 0 aliphatic rings. The van der Waals surface area contributed by atoms with Crippen molar-refractivity contribution in [3.05, 3.63) is 59.7 Å². The molecule has 0 heterocycles. The Morgan fingerprint density at radius 1 is 0.731 bits per heavy atom. The van der Waals surface area contributed by atoms with Crippen LogP contribution in [0, 0.1) is 0 Å². The van der Waals surface area contributed by atoms with Crippen molar-refractivity contribution >= 4 is 11.7 Å². The van der Waals surface area contributed by atoms with Crippen LogP contribution in [0.25, 0.3) is 0 Å². The third kappa shape index (κ3) is 5.92. The number of rotatable bonds is 10. The van der Waals surface area contributed by atoms with Crippen LogP contribution in [0.3, 0.4) is 0 Å². The molecular weight excluding hydrogens is 330 g/mol. The van der Waals surface area contributed by atoms with Crippen LogP contribution >= 0.6 is 0 Å². The number of hydrogen-bond acceptors (Lipinski definition) is 4. The van der Waals surface area contributed by atoms with Crippen LogP contribution in [-0.4, -0.2) is 28.4 Å². The van der Waals surface area contributed by atoms with E-state index in [-0.39, 0.29) is 28.8 Å². The molecule has 0 aliphatic carbocycles. The largest absolute Gasteiger partial charge is 0.507 e. The molecule has 0 spiro atoms. The van der Waals surface area contributed by atoms with E-state index >= 15 is 0 Å². The van der Waals surface area contributed by atoms with E-state index < -0.39 is 0 Å². The van der Waals surface area contributed by atoms with Crippen molar-refractivity contribution in [2.45, 2.75) is 38.5 Å². The Labute approximate surface area is 153 Å². The second-order valence-electron chi connectivity index (χ2n) is 6.23. The minimum atomic E-state index is -0.267.